The predicted octanol–water partition coefficient (Wildman–Crippen LogP) is 10.4. The van der Waals surface area contributed by atoms with Crippen molar-refractivity contribution < 1.29 is 243 Å². The van der Waals surface area contributed by atoms with Gasteiger partial charge in [-0.05, 0) is 128 Å². The fraction of sp³-hybridized carbons (Fsp3) is 1.00. The van der Waals surface area contributed by atoms with Gasteiger partial charge in [0.05, 0.1) is 140 Å². The van der Waals surface area contributed by atoms with Gasteiger partial charge in [0.1, 0.15) is 116 Å². The Kier molecular flexibility index (Phi) is 51.7. The molecular formula is C80H154N2O52P10. The normalized spacial score (nSPS) is 37.4. The molecule has 20 unspecified atom stereocenters. The van der Waals surface area contributed by atoms with Gasteiger partial charge in [0, 0.05) is 70.8 Å². The van der Waals surface area contributed by atoms with Crippen molar-refractivity contribution in [2.75, 3.05) is 105 Å². The summed E-state index contributed by atoms with van der Waals surface area (Å²) in [6.07, 6.45) is -16.5. The van der Waals surface area contributed by atoms with Gasteiger partial charge in [-0.15, -0.1) is 0 Å². The molecule has 10 fully saturated rings. The summed E-state index contributed by atoms with van der Waals surface area (Å²) in [7, 11) is -50.2. The minimum absolute atomic E-state index is 0.0306. The van der Waals surface area contributed by atoms with Gasteiger partial charge in [0.2, 0.25) is 0 Å². The molecule has 64 heteroatoms. The van der Waals surface area contributed by atoms with Crippen LogP contribution in [0.5, 0.6) is 0 Å². The van der Waals surface area contributed by atoms with Crippen molar-refractivity contribution in [3.8, 4) is 0 Å². The number of nitrogens with one attached hydrogen (secondary N) is 2. The molecule has 10 heterocycles. The van der Waals surface area contributed by atoms with Crippen molar-refractivity contribution in [1.82, 2.24) is 10.6 Å². The number of unbranched alkanes of at least 4 members (excludes halogenated alkanes) is 11. The Morgan fingerprint density at radius 3 is 0.562 bits per heavy atom. The van der Waals surface area contributed by atoms with Crippen LogP contribution >= 0.6 is 78.2 Å². The molecule has 54 nitrogen and oxygen atoms in total. The maximum absolute atomic E-state index is 13.7. The van der Waals surface area contributed by atoms with Crippen LogP contribution in [-0.2, 0) is 183 Å². The Bertz CT molecular complexity index is 4300. The lowest BCUT2D eigenvalue weighted by Crippen LogP contribution is -2.32. The van der Waals surface area contributed by atoms with Crippen LogP contribution in [0.25, 0.3) is 0 Å². The molecule has 0 bridgehead atoms. The van der Waals surface area contributed by atoms with Gasteiger partial charge < -0.3 is 117 Å². The zero-order valence-electron chi connectivity index (χ0n) is 82.8. The molecule has 14 N–H and O–H groups in total. The number of ether oxygens (including phenoxy) is 10. The largest absolute Gasteiger partial charge is 0.472 e. The lowest BCUT2D eigenvalue weighted by molar-refractivity contribution is -0.0472. The number of rotatable bonds is 71. The molecular weight excluding hydrogens is 2130 g/mol. The van der Waals surface area contributed by atoms with E-state index in [-0.39, 0.29) is 77.1 Å². The van der Waals surface area contributed by atoms with Crippen LogP contribution in [0.15, 0.2) is 0 Å². The summed E-state index contributed by atoms with van der Waals surface area (Å²) in [6.45, 7) is 13.1. The van der Waals surface area contributed by atoms with E-state index in [4.69, 9.17) is 143 Å². The fourth-order valence-corrected chi connectivity index (χ4v) is 27.7. The molecule has 0 saturated carbocycles. The van der Waals surface area contributed by atoms with E-state index in [1.54, 1.807) is 69.2 Å². The van der Waals surface area contributed by atoms with E-state index >= 15 is 0 Å². The minimum atomic E-state index is -5.16. The summed E-state index contributed by atoms with van der Waals surface area (Å²) in [5.41, 5.74) is 0. The van der Waals surface area contributed by atoms with Crippen molar-refractivity contribution in [2.24, 2.45) is 0 Å². The van der Waals surface area contributed by atoms with E-state index in [0.717, 1.165) is 84.0 Å². The molecule has 0 aromatic carbocycles. The highest BCUT2D eigenvalue weighted by molar-refractivity contribution is 7.49. The predicted molar refractivity (Wildman–Crippen MR) is 501 cm³/mol. The molecule has 10 rings (SSSR count). The van der Waals surface area contributed by atoms with Gasteiger partial charge in [-0.25, -0.2) is 45.7 Å². The van der Waals surface area contributed by atoms with E-state index in [2.05, 4.69) is 10.6 Å². The van der Waals surface area contributed by atoms with Gasteiger partial charge in [-0.2, -0.15) is 0 Å². The average Bonchev–Trinajstić information content (AvgIpc) is 1.59. The molecule has 10 saturated heterocycles. The number of hydrogen-bond acceptors (Lipinski definition) is 44. The van der Waals surface area contributed by atoms with E-state index in [1.165, 1.54) is 25.7 Å². The summed E-state index contributed by atoms with van der Waals surface area (Å²) in [5, 5.41) is 25.9. The highest BCUT2D eigenvalue weighted by Crippen LogP contribution is 2.59. The van der Waals surface area contributed by atoms with Crippen molar-refractivity contribution in [3.63, 3.8) is 0 Å². The smallest absolute Gasteiger partial charge is 0.396 e. The lowest BCUT2D eigenvalue weighted by Gasteiger charge is -2.26. The second-order valence-electron chi connectivity index (χ2n) is 38.2. The zero-order chi connectivity index (χ0) is 105. The van der Waals surface area contributed by atoms with Gasteiger partial charge >= 0.3 is 78.2 Å². The fourth-order valence-electron chi connectivity index (χ4n) is 18.3. The average molecular weight is 2290 g/mol. The van der Waals surface area contributed by atoms with Crippen molar-refractivity contribution in [1.29, 1.82) is 0 Å². The molecule has 10 aliphatic heterocycles. The molecule has 40 atom stereocenters. The summed E-state index contributed by atoms with van der Waals surface area (Å²) < 4.78 is 299. The van der Waals surface area contributed by atoms with Crippen molar-refractivity contribution in [2.45, 2.75) is 406 Å². The van der Waals surface area contributed by atoms with Gasteiger partial charge in [-0.3, -0.25) is 90.5 Å². The second kappa shape index (κ2) is 58.9. The van der Waals surface area contributed by atoms with Crippen LogP contribution in [0.2, 0.25) is 0 Å². The molecule has 0 aromatic rings. The SMILES string of the molecule is C[C@H]1CC(O)[C@@H](COP(=O)(O)OC2C[C@H](C)O[C@@H]2COP(=O)(O)OC2C[C@H](C)O[C@@H]2COP(=O)(O)OC2C[C@H](C)O[C@@H]2COP(=O)(O)OC2C[C@H](C)O[C@@H]2COP(=O)(O)OC2C[C@H](C)O[C@@H]2COP(=O)(O)OC2C[C@H](C)O[C@@H]2COP(=O)(O)OC2C[C@H](C)O[C@@H]2COP(=O)(O)OC2C[C@H](C)O[C@@H]2COP(=O)(O)OC2C[C@H](C)O[C@@H]2COP(=O)(O)OCCCCCCCCCCCCCNCCCNCCCCO)O1. The van der Waals surface area contributed by atoms with Crippen LogP contribution in [0.1, 0.15) is 223 Å². The highest BCUT2D eigenvalue weighted by atomic mass is 31.2. The van der Waals surface area contributed by atoms with E-state index in [9.17, 15) is 99.7 Å². The maximum Gasteiger partial charge on any atom is 0.472 e. The van der Waals surface area contributed by atoms with Crippen molar-refractivity contribution in [3.05, 3.63) is 0 Å². The summed E-state index contributed by atoms with van der Waals surface area (Å²) in [4.78, 5) is 109. The third-order valence-corrected chi connectivity index (χ3v) is 35.1. The lowest BCUT2D eigenvalue weighted by atomic mass is 10.1. The standard InChI is InChI=1S/C80H154N2O52P10/c1-51-31-61(84)71(116-51)41-107-136(87,88)126-63-33-53(3)118-73(63)43-109-138(91,92)128-65-35-55(5)120-75(65)45-111-140(95,96)130-67-37-57(7)122-77(67)47-113-142(99,100)132-69-39-59(9)124-79(69)49-115-144(103,104)134-70-40-60(10)125-80(70)50-114-143(101,102)133-68-38-58(8)123-78(68)48-112-141(97,98)131-66-36-56(6)121-76(66)46-110-139(93,94)129-64-34-54(4)119-74(64)44-108-137(89,90)127-62-32-52(2)117-72(62)42-106-135(85,86)105-30-23-19-17-15-13-11-12-14-16-18-20-25-81-27-24-28-82-26-21-22-29-83/h51-84H,11-50H2,1-10H3,(H,85,86)(H,87,88)(H,89,90)(H,91,92)(H,93,94)(H,95,96)(H,97,98)(H,99,100)(H,101,102)(H,103,104)/t51-,52-,53-,54-,55-,56-,57-,58-,59-,60-,61?,62?,63?,64?,65?,66?,67?,68?,69?,70?,71+,72+,73+,74+,75+,76+,77+,78+,79+,80+/m0/s1. The second-order valence-corrected chi connectivity index (χ2v) is 52.3. The van der Waals surface area contributed by atoms with Crippen LogP contribution < -0.4 is 10.6 Å². The molecule has 0 amide bonds. The number of aliphatic hydroxyl groups is 2. The Hall–Kier alpha value is 0.540. The van der Waals surface area contributed by atoms with E-state index in [1.807, 2.05) is 0 Å². The molecule has 0 spiro atoms. The number of aliphatic hydroxyl groups excluding tert-OH is 2. The topological polar surface area (TPSA) is 714 Å². The molecule has 0 aromatic heterocycles. The molecule has 144 heavy (non-hydrogen) atoms. The number of phosphoric ester groups is 10. The molecule has 0 radical (unpaired) electrons. The first-order valence-corrected chi connectivity index (χ1v) is 64.3. The van der Waals surface area contributed by atoms with Crippen LogP contribution in [0.3, 0.4) is 0 Å². The van der Waals surface area contributed by atoms with Gasteiger partial charge in [-0.1, -0.05) is 57.8 Å². The van der Waals surface area contributed by atoms with Gasteiger partial charge in [0.15, 0.2) is 0 Å². The highest BCUT2D eigenvalue weighted by Gasteiger charge is 2.53. The van der Waals surface area contributed by atoms with Gasteiger partial charge in [0.25, 0.3) is 0 Å². The minimum Gasteiger partial charge on any atom is -0.396 e. The third kappa shape index (κ3) is 45.5. The maximum atomic E-state index is 13.7. The first kappa shape index (κ1) is 126. The monoisotopic (exact) mass is 2280 g/mol. The Morgan fingerprint density at radius 1 is 0.208 bits per heavy atom. The Balaban J connectivity index is 0.589. The van der Waals surface area contributed by atoms with Crippen LogP contribution in [-0.4, -0.2) is 348 Å². The summed E-state index contributed by atoms with van der Waals surface area (Å²) in [6, 6.07) is 0. The van der Waals surface area contributed by atoms with Crippen molar-refractivity contribution >= 4 is 78.2 Å². The number of hydrogen-bond donors (Lipinski definition) is 14. The molecule has 846 valence electrons. The quantitative estimate of drug-likeness (QED) is 0.0199. The van der Waals surface area contributed by atoms with Crippen LogP contribution in [0.4, 0.5) is 0 Å². The van der Waals surface area contributed by atoms with Crippen LogP contribution in [0, 0.1) is 0 Å². The zero-order valence-corrected chi connectivity index (χ0v) is 91.7. The first-order chi connectivity index (χ1) is 67.5. The Morgan fingerprint density at radius 2 is 0.368 bits per heavy atom. The summed E-state index contributed by atoms with van der Waals surface area (Å²) >= 11 is 0. The third-order valence-electron chi connectivity index (χ3n) is 25.0. The number of phosphoric acid groups is 10. The van der Waals surface area contributed by atoms with E-state index in [0.29, 0.717) is 12.8 Å². The van der Waals surface area contributed by atoms with E-state index < -0.39 is 321 Å². The Labute approximate surface area is 839 Å². The molecule has 0 aliphatic carbocycles. The summed E-state index contributed by atoms with van der Waals surface area (Å²) in [5.74, 6) is 0. The first-order valence-electron chi connectivity index (χ1n) is 49.3. The molecule has 10 aliphatic rings.